The third-order valence-electron chi connectivity index (χ3n) is 4.16. The zero-order valence-corrected chi connectivity index (χ0v) is 16.9. The van der Waals surface area contributed by atoms with E-state index in [2.05, 4.69) is 10.6 Å². The van der Waals surface area contributed by atoms with Crippen molar-refractivity contribution in [3.63, 3.8) is 0 Å². The van der Waals surface area contributed by atoms with E-state index >= 15 is 0 Å². The predicted molar refractivity (Wildman–Crippen MR) is 106 cm³/mol. The molecule has 2 aromatic rings. The molecule has 0 aromatic heterocycles. The first-order valence-electron chi connectivity index (χ1n) is 9.05. The van der Waals surface area contributed by atoms with E-state index < -0.39 is 42.8 Å². The van der Waals surface area contributed by atoms with Gasteiger partial charge in [0.1, 0.15) is 23.9 Å². The molecule has 0 aliphatic rings. The van der Waals surface area contributed by atoms with Gasteiger partial charge in [0.2, 0.25) is 0 Å². The third-order valence-corrected chi connectivity index (χ3v) is 4.16. The van der Waals surface area contributed by atoms with Crippen molar-refractivity contribution in [2.24, 2.45) is 0 Å². The number of methoxy groups -OCH3 is 2. The van der Waals surface area contributed by atoms with Crippen LogP contribution in [-0.4, -0.2) is 45.2 Å². The standard InChI is InChI=1S/C21H23FN2O6/c1-13(16-10-14(28-2)8-9-18(16)29-3)24-19(25)12-30-20(26)11-23-21(27)15-6-4-5-7-17(15)22/h4-10,13H,11-12H2,1-3H3,(H,23,27)(H,24,25)/t13-/m1/s1. The first-order valence-corrected chi connectivity index (χ1v) is 9.05. The number of amides is 2. The molecule has 9 heteroatoms. The second kappa shape index (κ2) is 10.8. The molecule has 0 heterocycles. The van der Waals surface area contributed by atoms with Crippen molar-refractivity contribution in [3.8, 4) is 11.5 Å². The molecule has 0 unspecified atom stereocenters. The highest BCUT2D eigenvalue weighted by atomic mass is 19.1. The Balaban J connectivity index is 1.82. The summed E-state index contributed by atoms with van der Waals surface area (Å²) in [6.07, 6.45) is 0. The Labute approximate surface area is 173 Å². The number of ether oxygens (including phenoxy) is 3. The van der Waals surface area contributed by atoms with Gasteiger partial charge in [-0.25, -0.2) is 4.39 Å². The van der Waals surface area contributed by atoms with E-state index in [1.807, 2.05) is 0 Å². The molecule has 0 spiro atoms. The lowest BCUT2D eigenvalue weighted by atomic mass is 10.1. The van der Waals surface area contributed by atoms with E-state index in [9.17, 15) is 18.8 Å². The molecule has 2 amide bonds. The summed E-state index contributed by atoms with van der Waals surface area (Å²) in [5.74, 6) is -1.67. The van der Waals surface area contributed by atoms with Crippen LogP contribution in [0, 0.1) is 5.82 Å². The SMILES string of the molecule is COc1ccc(OC)c([C@@H](C)NC(=O)COC(=O)CNC(=O)c2ccccc2F)c1. The van der Waals surface area contributed by atoms with Crippen molar-refractivity contribution in [2.75, 3.05) is 27.4 Å². The number of carbonyl (C=O) groups excluding carboxylic acids is 3. The maximum atomic E-state index is 13.5. The van der Waals surface area contributed by atoms with Gasteiger partial charge < -0.3 is 24.8 Å². The predicted octanol–water partition coefficient (Wildman–Crippen LogP) is 1.99. The minimum Gasteiger partial charge on any atom is -0.497 e. The molecule has 0 saturated heterocycles. The highest BCUT2D eigenvalue weighted by molar-refractivity contribution is 5.96. The Kier molecular flexibility index (Phi) is 8.16. The molecule has 30 heavy (non-hydrogen) atoms. The first kappa shape index (κ1) is 22.7. The van der Waals surface area contributed by atoms with Gasteiger partial charge >= 0.3 is 5.97 Å². The molecule has 0 bridgehead atoms. The van der Waals surface area contributed by atoms with Crippen LogP contribution < -0.4 is 20.1 Å². The van der Waals surface area contributed by atoms with Crippen LogP contribution in [0.3, 0.4) is 0 Å². The highest BCUT2D eigenvalue weighted by Gasteiger charge is 2.17. The van der Waals surface area contributed by atoms with Crippen LogP contribution >= 0.6 is 0 Å². The van der Waals surface area contributed by atoms with Gasteiger partial charge in [-0.1, -0.05) is 12.1 Å². The molecular weight excluding hydrogens is 395 g/mol. The highest BCUT2D eigenvalue weighted by Crippen LogP contribution is 2.29. The molecular formula is C21H23FN2O6. The molecule has 1 atom stereocenters. The molecule has 8 nitrogen and oxygen atoms in total. The maximum absolute atomic E-state index is 13.5. The van der Waals surface area contributed by atoms with Crippen molar-refractivity contribution < 1.29 is 33.0 Å². The van der Waals surface area contributed by atoms with Crippen LogP contribution in [-0.2, 0) is 14.3 Å². The lowest BCUT2D eigenvalue weighted by molar-refractivity contribution is -0.147. The fraction of sp³-hybridized carbons (Fsp3) is 0.286. The topological polar surface area (TPSA) is 103 Å². The van der Waals surface area contributed by atoms with Gasteiger partial charge in [0.05, 0.1) is 25.8 Å². The van der Waals surface area contributed by atoms with Crippen LogP contribution in [0.2, 0.25) is 0 Å². The van der Waals surface area contributed by atoms with E-state index in [-0.39, 0.29) is 5.56 Å². The summed E-state index contributed by atoms with van der Waals surface area (Å²) < 4.78 is 28.8. The minimum absolute atomic E-state index is 0.191. The van der Waals surface area contributed by atoms with Crippen LogP contribution in [0.25, 0.3) is 0 Å². The lowest BCUT2D eigenvalue weighted by Crippen LogP contribution is -2.35. The van der Waals surface area contributed by atoms with E-state index in [0.717, 1.165) is 6.07 Å². The average Bonchev–Trinajstić information content (AvgIpc) is 2.75. The van der Waals surface area contributed by atoms with Gasteiger partial charge in [0, 0.05) is 5.56 Å². The van der Waals surface area contributed by atoms with Gasteiger partial charge in [0.15, 0.2) is 6.61 Å². The minimum atomic E-state index is -0.832. The number of hydrogen-bond acceptors (Lipinski definition) is 6. The smallest absolute Gasteiger partial charge is 0.325 e. The van der Waals surface area contributed by atoms with E-state index in [4.69, 9.17) is 14.2 Å². The van der Waals surface area contributed by atoms with Crippen LogP contribution in [0.1, 0.15) is 28.9 Å². The summed E-state index contributed by atoms with van der Waals surface area (Å²) >= 11 is 0. The van der Waals surface area contributed by atoms with E-state index in [1.165, 1.54) is 32.4 Å². The Morgan fingerprint density at radius 1 is 1.07 bits per heavy atom. The van der Waals surface area contributed by atoms with Crippen molar-refractivity contribution in [3.05, 3.63) is 59.4 Å². The molecule has 0 fully saturated rings. The fourth-order valence-corrected chi connectivity index (χ4v) is 2.63. The normalized spacial score (nSPS) is 11.2. The van der Waals surface area contributed by atoms with Gasteiger partial charge in [-0.3, -0.25) is 14.4 Å². The Hall–Kier alpha value is -3.62. The summed E-state index contributed by atoms with van der Waals surface area (Å²) in [6, 6.07) is 10.1. The lowest BCUT2D eigenvalue weighted by Gasteiger charge is -2.18. The molecule has 0 aliphatic carbocycles. The number of esters is 1. The summed E-state index contributed by atoms with van der Waals surface area (Å²) in [5.41, 5.74) is 0.498. The van der Waals surface area contributed by atoms with Gasteiger partial charge in [-0.15, -0.1) is 0 Å². The Bertz CT molecular complexity index is 918. The summed E-state index contributed by atoms with van der Waals surface area (Å²) in [7, 11) is 3.04. The summed E-state index contributed by atoms with van der Waals surface area (Å²) in [6.45, 7) is 0.705. The summed E-state index contributed by atoms with van der Waals surface area (Å²) in [5, 5.41) is 4.93. The van der Waals surface area contributed by atoms with Crippen molar-refractivity contribution in [1.82, 2.24) is 10.6 Å². The van der Waals surface area contributed by atoms with Gasteiger partial charge in [0.25, 0.3) is 11.8 Å². The second-order valence-electron chi connectivity index (χ2n) is 6.22. The summed E-state index contributed by atoms with van der Waals surface area (Å²) in [4.78, 5) is 35.7. The average molecular weight is 418 g/mol. The monoisotopic (exact) mass is 418 g/mol. The number of hydrogen-bond donors (Lipinski definition) is 2. The molecule has 160 valence electrons. The largest absolute Gasteiger partial charge is 0.497 e. The third kappa shape index (κ3) is 6.20. The molecule has 0 aliphatic heterocycles. The zero-order valence-electron chi connectivity index (χ0n) is 16.9. The maximum Gasteiger partial charge on any atom is 0.325 e. The first-order chi connectivity index (χ1) is 14.3. The van der Waals surface area contributed by atoms with Gasteiger partial charge in [-0.2, -0.15) is 0 Å². The van der Waals surface area contributed by atoms with Crippen molar-refractivity contribution in [1.29, 1.82) is 0 Å². The number of halogens is 1. The van der Waals surface area contributed by atoms with Crippen molar-refractivity contribution >= 4 is 17.8 Å². The number of benzene rings is 2. The van der Waals surface area contributed by atoms with Crippen LogP contribution in [0.4, 0.5) is 4.39 Å². The number of carbonyl (C=O) groups is 3. The van der Waals surface area contributed by atoms with E-state index in [0.29, 0.717) is 17.1 Å². The molecule has 2 aromatic carbocycles. The number of nitrogens with one attached hydrogen (secondary N) is 2. The Morgan fingerprint density at radius 3 is 2.47 bits per heavy atom. The van der Waals surface area contributed by atoms with Crippen LogP contribution in [0.15, 0.2) is 42.5 Å². The fourth-order valence-electron chi connectivity index (χ4n) is 2.63. The van der Waals surface area contributed by atoms with E-state index in [1.54, 1.807) is 25.1 Å². The quantitative estimate of drug-likeness (QED) is 0.604. The number of rotatable bonds is 9. The molecule has 2 rings (SSSR count). The Morgan fingerprint density at radius 2 is 1.80 bits per heavy atom. The second-order valence-corrected chi connectivity index (χ2v) is 6.22. The molecule has 0 radical (unpaired) electrons. The van der Waals surface area contributed by atoms with Crippen LogP contribution in [0.5, 0.6) is 11.5 Å². The molecule has 2 N–H and O–H groups in total. The van der Waals surface area contributed by atoms with Gasteiger partial charge in [-0.05, 0) is 37.3 Å². The van der Waals surface area contributed by atoms with Crippen molar-refractivity contribution in [2.45, 2.75) is 13.0 Å². The zero-order chi connectivity index (χ0) is 22.1. The molecule has 0 saturated carbocycles.